The average Bonchev–Trinajstić information content (AvgIpc) is 2.77. The molecule has 0 spiro atoms. The zero-order valence-corrected chi connectivity index (χ0v) is 9.16. The number of carbonyl (C=O) groups is 1. The van der Waals surface area contributed by atoms with Crippen LogP contribution in [0.15, 0.2) is 24.7 Å². The van der Waals surface area contributed by atoms with Gasteiger partial charge in [-0.15, -0.1) is 5.10 Å². The number of rotatable bonds is 4. The van der Waals surface area contributed by atoms with Crippen molar-refractivity contribution in [1.29, 1.82) is 0 Å². The standard InChI is InChI=1S/C10H11N5O2/c1-2-15-6-7(5-12-15)13-9-8(10(16)17)3-4-11-14-9/h3-6H,2H2,1H3,(H,13,14)(H,16,17). The van der Waals surface area contributed by atoms with Gasteiger partial charge in [-0.25, -0.2) is 4.79 Å². The SMILES string of the molecule is CCn1cc(Nc2nnccc2C(=O)O)cn1. The minimum Gasteiger partial charge on any atom is -0.478 e. The summed E-state index contributed by atoms with van der Waals surface area (Å²) in [5.41, 5.74) is 0.749. The van der Waals surface area contributed by atoms with Crippen LogP contribution in [0.1, 0.15) is 17.3 Å². The third kappa shape index (κ3) is 2.39. The first-order valence-electron chi connectivity index (χ1n) is 5.05. The van der Waals surface area contributed by atoms with Crippen LogP contribution in [0.5, 0.6) is 0 Å². The van der Waals surface area contributed by atoms with Gasteiger partial charge in [-0.2, -0.15) is 10.2 Å². The highest BCUT2D eigenvalue weighted by Gasteiger charge is 2.11. The number of hydrogen-bond donors (Lipinski definition) is 2. The second-order valence-corrected chi connectivity index (χ2v) is 3.31. The smallest absolute Gasteiger partial charge is 0.339 e. The largest absolute Gasteiger partial charge is 0.478 e. The lowest BCUT2D eigenvalue weighted by atomic mass is 10.3. The molecule has 2 rings (SSSR count). The summed E-state index contributed by atoms with van der Waals surface area (Å²) in [5, 5.41) is 23.3. The zero-order valence-electron chi connectivity index (χ0n) is 9.16. The van der Waals surface area contributed by atoms with E-state index in [0.29, 0.717) is 5.69 Å². The lowest BCUT2D eigenvalue weighted by Crippen LogP contribution is -2.05. The molecule has 88 valence electrons. The molecule has 0 aromatic carbocycles. The molecular formula is C10H11N5O2. The van der Waals surface area contributed by atoms with Crippen LogP contribution in [-0.4, -0.2) is 31.1 Å². The maximum absolute atomic E-state index is 10.9. The van der Waals surface area contributed by atoms with Gasteiger partial charge in [0, 0.05) is 12.7 Å². The van der Waals surface area contributed by atoms with Gasteiger partial charge in [-0.05, 0) is 13.0 Å². The highest BCUT2D eigenvalue weighted by Crippen LogP contribution is 2.16. The van der Waals surface area contributed by atoms with Gasteiger partial charge in [0.1, 0.15) is 5.56 Å². The molecule has 0 amide bonds. The number of hydrogen-bond acceptors (Lipinski definition) is 5. The molecule has 17 heavy (non-hydrogen) atoms. The lowest BCUT2D eigenvalue weighted by molar-refractivity contribution is 0.0697. The molecule has 2 heterocycles. The van der Waals surface area contributed by atoms with E-state index in [1.165, 1.54) is 12.3 Å². The Kier molecular flexibility index (Phi) is 2.99. The maximum Gasteiger partial charge on any atom is 0.339 e. The van der Waals surface area contributed by atoms with Crippen molar-refractivity contribution in [3.05, 3.63) is 30.2 Å². The molecule has 7 nitrogen and oxygen atoms in total. The molecule has 7 heteroatoms. The van der Waals surface area contributed by atoms with Crippen molar-refractivity contribution >= 4 is 17.5 Å². The van der Waals surface area contributed by atoms with Crippen LogP contribution in [0.3, 0.4) is 0 Å². The van der Waals surface area contributed by atoms with Gasteiger partial charge in [0.15, 0.2) is 5.82 Å². The van der Waals surface area contributed by atoms with Crippen molar-refractivity contribution < 1.29 is 9.90 Å². The molecular weight excluding hydrogens is 222 g/mol. The molecule has 0 saturated heterocycles. The Labute approximate surface area is 97.1 Å². The van der Waals surface area contributed by atoms with Gasteiger partial charge in [-0.1, -0.05) is 0 Å². The Bertz CT molecular complexity index is 537. The average molecular weight is 233 g/mol. The van der Waals surface area contributed by atoms with Crippen molar-refractivity contribution in [3.63, 3.8) is 0 Å². The van der Waals surface area contributed by atoms with Crippen LogP contribution in [0.2, 0.25) is 0 Å². The summed E-state index contributed by atoms with van der Waals surface area (Å²) in [6.07, 6.45) is 4.70. The van der Waals surface area contributed by atoms with E-state index in [0.717, 1.165) is 6.54 Å². The van der Waals surface area contributed by atoms with E-state index in [1.807, 2.05) is 6.92 Å². The van der Waals surface area contributed by atoms with Crippen LogP contribution >= 0.6 is 0 Å². The second kappa shape index (κ2) is 4.60. The van der Waals surface area contributed by atoms with Gasteiger partial charge >= 0.3 is 5.97 Å². The molecule has 2 aromatic heterocycles. The zero-order chi connectivity index (χ0) is 12.3. The summed E-state index contributed by atoms with van der Waals surface area (Å²) < 4.78 is 1.72. The number of aromatic carboxylic acids is 1. The van der Waals surface area contributed by atoms with E-state index in [9.17, 15) is 4.79 Å². The lowest BCUT2D eigenvalue weighted by Gasteiger charge is -2.04. The molecule has 2 N–H and O–H groups in total. The summed E-state index contributed by atoms with van der Waals surface area (Å²) in [6, 6.07) is 1.39. The normalized spacial score (nSPS) is 10.2. The second-order valence-electron chi connectivity index (χ2n) is 3.31. The third-order valence-corrected chi connectivity index (χ3v) is 2.17. The van der Waals surface area contributed by atoms with Crippen LogP contribution in [0.4, 0.5) is 11.5 Å². The molecule has 0 aliphatic carbocycles. The molecule has 0 bridgehead atoms. The minimum absolute atomic E-state index is 0.0734. The Morgan fingerprint density at radius 2 is 2.41 bits per heavy atom. The Balaban J connectivity index is 2.26. The van der Waals surface area contributed by atoms with E-state index < -0.39 is 5.97 Å². The number of carboxylic acids is 1. The summed E-state index contributed by atoms with van der Waals surface area (Å²) in [6.45, 7) is 2.70. The van der Waals surface area contributed by atoms with Crippen molar-refractivity contribution in [2.45, 2.75) is 13.5 Å². The van der Waals surface area contributed by atoms with Crippen LogP contribution in [-0.2, 0) is 6.54 Å². The topological polar surface area (TPSA) is 92.9 Å². The van der Waals surface area contributed by atoms with E-state index >= 15 is 0 Å². The Hall–Kier alpha value is -2.44. The van der Waals surface area contributed by atoms with Gasteiger partial charge in [0.2, 0.25) is 0 Å². The van der Waals surface area contributed by atoms with Crippen LogP contribution in [0, 0.1) is 0 Å². The first-order chi connectivity index (χ1) is 8.20. The van der Waals surface area contributed by atoms with Crippen molar-refractivity contribution in [2.24, 2.45) is 0 Å². The number of carboxylic acid groups (broad SMARTS) is 1. The molecule has 0 aliphatic heterocycles. The predicted molar refractivity (Wildman–Crippen MR) is 60.2 cm³/mol. The van der Waals surface area contributed by atoms with Gasteiger partial charge in [0.05, 0.1) is 18.1 Å². The number of nitrogens with one attached hydrogen (secondary N) is 1. The van der Waals surface area contributed by atoms with Crippen molar-refractivity contribution in [1.82, 2.24) is 20.0 Å². The fraction of sp³-hybridized carbons (Fsp3) is 0.200. The molecule has 2 aromatic rings. The fourth-order valence-corrected chi connectivity index (χ4v) is 1.33. The van der Waals surface area contributed by atoms with Crippen molar-refractivity contribution in [3.8, 4) is 0 Å². The Morgan fingerprint density at radius 3 is 3.06 bits per heavy atom. The number of aromatic nitrogens is 4. The summed E-state index contributed by atoms with van der Waals surface area (Å²) in [7, 11) is 0. The number of aryl methyl sites for hydroxylation is 1. The molecule has 0 aliphatic rings. The first-order valence-corrected chi connectivity index (χ1v) is 5.05. The van der Waals surface area contributed by atoms with E-state index in [1.54, 1.807) is 17.1 Å². The molecule has 0 fully saturated rings. The highest BCUT2D eigenvalue weighted by atomic mass is 16.4. The highest BCUT2D eigenvalue weighted by molar-refractivity contribution is 5.93. The fourth-order valence-electron chi connectivity index (χ4n) is 1.33. The monoisotopic (exact) mass is 233 g/mol. The van der Waals surface area contributed by atoms with Gasteiger partial charge in [0.25, 0.3) is 0 Å². The summed E-state index contributed by atoms with van der Waals surface area (Å²) in [4.78, 5) is 10.9. The maximum atomic E-state index is 10.9. The summed E-state index contributed by atoms with van der Waals surface area (Å²) >= 11 is 0. The quantitative estimate of drug-likeness (QED) is 0.822. The molecule has 0 atom stereocenters. The summed E-state index contributed by atoms with van der Waals surface area (Å²) in [5.74, 6) is -0.846. The molecule has 0 radical (unpaired) electrons. The Morgan fingerprint density at radius 1 is 1.59 bits per heavy atom. The minimum atomic E-state index is -1.05. The predicted octanol–water partition coefficient (Wildman–Crippen LogP) is 1.13. The molecule has 0 unspecified atom stereocenters. The first kappa shape index (κ1) is 11.1. The van der Waals surface area contributed by atoms with Crippen LogP contribution < -0.4 is 5.32 Å². The van der Waals surface area contributed by atoms with Crippen LogP contribution in [0.25, 0.3) is 0 Å². The van der Waals surface area contributed by atoms with Crippen molar-refractivity contribution in [2.75, 3.05) is 5.32 Å². The van der Waals surface area contributed by atoms with Gasteiger partial charge < -0.3 is 10.4 Å². The molecule has 0 saturated carbocycles. The van der Waals surface area contributed by atoms with Gasteiger partial charge in [-0.3, -0.25) is 4.68 Å². The van der Waals surface area contributed by atoms with E-state index in [-0.39, 0.29) is 11.4 Å². The van der Waals surface area contributed by atoms with E-state index in [4.69, 9.17) is 5.11 Å². The van der Waals surface area contributed by atoms with E-state index in [2.05, 4.69) is 20.6 Å². The third-order valence-electron chi connectivity index (χ3n) is 2.17. The number of anilines is 2. The number of nitrogens with zero attached hydrogens (tertiary/aromatic N) is 4.